The number of rotatable bonds is 7. The maximum Gasteiger partial charge on any atom is 0.322 e. The van der Waals surface area contributed by atoms with E-state index in [9.17, 15) is 14.4 Å². The molecule has 0 bridgehead atoms. The number of anilines is 1. The molecule has 0 radical (unpaired) electrons. The van der Waals surface area contributed by atoms with Crippen LogP contribution in [0.4, 0.5) is 10.5 Å². The summed E-state index contributed by atoms with van der Waals surface area (Å²) < 4.78 is 0. The highest BCUT2D eigenvalue weighted by atomic mass is 32.2. The Kier molecular flexibility index (Phi) is 8.86. The second-order valence-corrected chi connectivity index (χ2v) is 13.3. The first-order valence-corrected chi connectivity index (χ1v) is 15.7. The lowest BCUT2D eigenvalue weighted by atomic mass is 9.88. The molecule has 1 aliphatic carbocycles. The van der Waals surface area contributed by atoms with Crippen molar-refractivity contribution in [3.05, 3.63) is 29.8 Å². The van der Waals surface area contributed by atoms with Gasteiger partial charge < -0.3 is 20.0 Å². The van der Waals surface area contributed by atoms with Crippen molar-refractivity contribution in [3.63, 3.8) is 0 Å². The third-order valence-electron chi connectivity index (χ3n) is 8.93. The molecule has 0 spiro atoms. The number of urea groups is 1. The fourth-order valence-electron chi connectivity index (χ4n) is 6.62. The van der Waals surface area contributed by atoms with Gasteiger partial charge in [-0.1, -0.05) is 51.3 Å². The molecule has 1 aromatic rings. The van der Waals surface area contributed by atoms with Crippen LogP contribution in [0.2, 0.25) is 0 Å². The summed E-state index contributed by atoms with van der Waals surface area (Å²) in [6.07, 6.45) is 9.94. The number of benzene rings is 1. The Morgan fingerprint density at radius 3 is 2.50 bits per heavy atom. The molecule has 2 saturated heterocycles. The summed E-state index contributed by atoms with van der Waals surface area (Å²) >= 11 is 1.77. The Balaban J connectivity index is 1.15. The summed E-state index contributed by atoms with van der Waals surface area (Å²) in [5, 5.41) is 3.05. The van der Waals surface area contributed by atoms with Gasteiger partial charge in [0.1, 0.15) is 0 Å². The average molecular weight is 541 g/mol. The Labute approximate surface area is 232 Å². The van der Waals surface area contributed by atoms with Gasteiger partial charge in [-0.2, -0.15) is 0 Å². The van der Waals surface area contributed by atoms with Crippen LogP contribution < -0.4 is 5.32 Å². The molecule has 2 atom stereocenters. The van der Waals surface area contributed by atoms with Gasteiger partial charge in [-0.3, -0.25) is 9.59 Å². The van der Waals surface area contributed by atoms with Crippen LogP contribution in [0.3, 0.4) is 0 Å². The molecule has 1 saturated carbocycles. The first-order valence-electron chi connectivity index (χ1n) is 14.8. The summed E-state index contributed by atoms with van der Waals surface area (Å²) in [4.78, 5) is 45.8. The molecule has 208 valence electrons. The molecule has 3 fully saturated rings. The van der Waals surface area contributed by atoms with E-state index in [1.54, 1.807) is 11.8 Å². The molecule has 8 heteroatoms. The monoisotopic (exact) mass is 540 g/mol. The van der Waals surface area contributed by atoms with Gasteiger partial charge in [0, 0.05) is 44.3 Å². The molecule has 5 rings (SSSR count). The van der Waals surface area contributed by atoms with Gasteiger partial charge in [0.2, 0.25) is 11.8 Å². The van der Waals surface area contributed by atoms with Gasteiger partial charge >= 0.3 is 6.03 Å². The molecule has 2 unspecified atom stereocenters. The summed E-state index contributed by atoms with van der Waals surface area (Å²) in [5.41, 5.74) is 2.07. The summed E-state index contributed by atoms with van der Waals surface area (Å²) in [5.74, 6) is 1.39. The Morgan fingerprint density at radius 2 is 1.76 bits per heavy atom. The second kappa shape index (κ2) is 12.3. The number of hydrogen-bond acceptors (Lipinski definition) is 4. The summed E-state index contributed by atoms with van der Waals surface area (Å²) in [7, 11) is 0. The Morgan fingerprint density at radius 1 is 1.03 bits per heavy atom. The van der Waals surface area contributed by atoms with Crippen LogP contribution in [0.15, 0.2) is 24.3 Å². The van der Waals surface area contributed by atoms with E-state index in [1.807, 2.05) is 28.0 Å². The normalized spacial score (nSPS) is 25.5. The van der Waals surface area contributed by atoms with Gasteiger partial charge in [0.15, 0.2) is 0 Å². The van der Waals surface area contributed by atoms with Crippen LogP contribution in [-0.2, 0) is 16.0 Å². The first-order chi connectivity index (χ1) is 18.4. The molecule has 38 heavy (non-hydrogen) atoms. The second-order valence-electron chi connectivity index (χ2n) is 12.0. The zero-order chi connectivity index (χ0) is 26.6. The molecule has 7 nitrogen and oxygen atoms in total. The first kappa shape index (κ1) is 27.4. The van der Waals surface area contributed by atoms with Crippen molar-refractivity contribution >= 4 is 35.3 Å². The summed E-state index contributed by atoms with van der Waals surface area (Å²) in [6.45, 7) is 7.22. The number of likely N-dealkylation sites (tertiary alicyclic amines) is 1. The summed E-state index contributed by atoms with van der Waals surface area (Å²) in [6, 6.07) is 8.10. The third-order valence-corrected chi connectivity index (χ3v) is 10.5. The molecule has 4 aliphatic rings. The van der Waals surface area contributed by atoms with E-state index in [0.717, 1.165) is 37.9 Å². The van der Waals surface area contributed by atoms with Crippen LogP contribution in [0, 0.1) is 11.8 Å². The molecule has 4 amide bonds. The van der Waals surface area contributed by atoms with Crippen LogP contribution in [0.1, 0.15) is 77.2 Å². The zero-order valence-corrected chi connectivity index (χ0v) is 23.9. The van der Waals surface area contributed by atoms with Crippen LogP contribution in [0.5, 0.6) is 0 Å². The number of amides is 4. The standard InChI is InChI=1S/C30H44N4O3S/c1-21(2)12-18-34-28(36)26(38-29(34)23-9-4-3-5-10-23)20-27(35)32-16-14-24(15-17-32)33-19-13-22-8-6-7-11-25(22)31-30(33)37/h6-8,11,21,23-24,26,29H,3-5,9-10,12-20H2,1-2H3,(H,31,37). The lowest BCUT2D eigenvalue weighted by Gasteiger charge is -2.38. The predicted octanol–water partition coefficient (Wildman–Crippen LogP) is 5.35. The lowest BCUT2D eigenvalue weighted by Crippen LogP contribution is -2.50. The SMILES string of the molecule is CC(C)CCN1C(=O)C(CC(=O)N2CCC(N3CCc4ccccc4NC3=O)CC2)SC1C1CCCCC1. The quantitative estimate of drug-likeness (QED) is 0.506. The molecule has 1 aromatic carbocycles. The number of carbonyl (C=O) groups is 3. The number of carbonyl (C=O) groups excluding carboxylic acids is 3. The van der Waals surface area contributed by atoms with Crippen molar-refractivity contribution in [2.75, 3.05) is 31.5 Å². The average Bonchev–Trinajstić information content (AvgIpc) is 3.12. The molecule has 1 N–H and O–H groups in total. The number of thioether (sulfide) groups is 1. The third kappa shape index (κ3) is 6.16. The van der Waals surface area contributed by atoms with Crippen molar-refractivity contribution in [2.24, 2.45) is 11.8 Å². The fourth-order valence-corrected chi connectivity index (χ4v) is 8.30. The largest absolute Gasteiger partial charge is 0.342 e. The molecule has 3 heterocycles. The van der Waals surface area contributed by atoms with E-state index >= 15 is 0 Å². The number of hydrogen-bond donors (Lipinski definition) is 1. The lowest BCUT2D eigenvalue weighted by molar-refractivity contribution is -0.137. The number of nitrogens with zero attached hydrogens (tertiary/aromatic N) is 3. The van der Waals surface area contributed by atoms with Gasteiger partial charge in [0.05, 0.1) is 10.6 Å². The van der Waals surface area contributed by atoms with E-state index in [-0.39, 0.29) is 34.5 Å². The van der Waals surface area contributed by atoms with Gasteiger partial charge in [0.25, 0.3) is 0 Å². The van der Waals surface area contributed by atoms with Crippen molar-refractivity contribution in [3.8, 4) is 0 Å². The maximum absolute atomic E-state index is 13.5. The van der Waals surface area contributed by atoms with E-state index in [4.69, 9.17) is 0 Å². The van der Waals surface area contributed by atoms with Gasteiger partial charge in [-0.25, -0.2) is 4.79 Å². The van der Waals surface area contributed by atoms with E-state index in [1.165, 1.54) is 37.7 Å². The van der Waals surface area contributed by atoms with Crippen molar-refractivity contribution in [2.45, 2.75) is 94.7 Å². The molecular weight excluding hydrogens is 496 g/mol. The van der Waals surface area contributed by atoms with Crippen LogP contribution in [-0.4, -0.2) is 75.4 Å². The number of nitrogens with one attached hydrogen (secondary N) is 1. The van der Waals surface area contributed by atoms with Crippen molar-refractivity contribution in [1.29, 1.82) is 0 Å². The molecular formula is C30H44N4O3S. The number of piperidine rings is 1. The minimum atomic E-state index is -0.255. The van der Waals surface area contributed by atoms with E-state index in [2.05, 4.69) is 30.1 Å². The Bertz CT molecular complexity index is 1000. The Hall–Kier alpha value is -2.22. The topological polar surface area (TPSA) is 73.0 Å². The van der Waals surface area contributed by atoms with Crippen LogP contribution >= 0.6 is 11.8 Å². The van der Waals surface area contributed by atoms with Crippen molar-refractivity contribution in [1.82, 2.24) is 14.7 Å². The minimum Gasteiger partial charge on any atom is -0.342 e. The van der Waals surface area contributed by atoms with Crippen molar-refractivity contribution < 1.29 is 14.4 Å². The maximum atomic E-state index is 13.5. The zero-order valence-electron chi connectivity index (χ0n) is 23.1. The number of para-hydroxylation sites is 1. The smallest absolute Gasteiger partial charge is 0.322 e. The predicted molar refractivity (Wildman–Crippen MR) is 153 cm³/mol. The highest BCUT2D eigenvalue weighted by molar-refractivity contribution is 8.01. The van der Waals surface area contributed by atoms with E-state index < -0.39 is 0 Å². The molecule has 3 aliphatic heterocycles. The fraction of sp³-hybridized carbons (Fsp3) is 0.700. The van der Waals surface area contributed by atoms with Gasteiger partial charge in [-0.05, 0) is 62.0 Å². The van der Waals surface area contributed by atoms with E-state index in [0.29, 0.717) is 37.9 Å². The molecule has 0 aromatic heterocycles. The highest BCUT2D eigenvalue weighted by Crippen LogP contribution is 2.43. The minimum absolute atomic E-state index is 0.0390. The van der Waals surface area contributed by atoms with Gasteiger partial charge in [-0.15, -0.1) is 11.8 Å². The van der Waals surface area contributed by atoms with Crippen LogP contribution in [0.25, 0.3) is 0 Å². The highest BCUT2D eigenvalue weighted by Gasteiger charge is 2.45. The number of fused-ring (bicyclic) bond motifs is 1.